The minimum Gasteiger partial charge on any atom is -0.265 e. The second-order valence-electron chi connectivity index (χ2n) is 3.22. The Labute approximate surface area is 85.1 Å². The van der Waals surface area contributed by atoms with Gasteiger partial charge in [-0.3, -0.25) is 5.10 Å². The molecule has 0 unspecified atom stereocenters. The molecule has 0 radical (unpaired) electrons. The summed E-state index contributed by atoms with van der Waals surface area (Å²) < 4.78 is 35.3. The average Bonchev–Trinajstić information content (AvgIpc) is 2.45. The first kappa shape index (κ1) is 10.1. The lowest BCUT2D eigenvalue weighted by molar-refractivity contribution is 0.594. The molecular weight excluding hydrogens is 221 g/mol. The monoisotopic (exact) mass is 229 g/mol. The summed E-state index contributed by atoms with van der Waals surface area (Å²) in [6.45, 7) is 1.64. The molecule has 0 saturated heterocycles. The van der Waals surface area contributed by atoms with E-state index in [1.165, 1.54) is 6.07 Å². The van der Waals surface area contributed by atoms with Gasteiger partial charge in [0.25, 0.3) is 10.0 Å². The van der Waals surface area contributed by atoms with E-state index in [2.05, 4.69) is 10.2 Å². The molecule has 0 aliphatic rings. The maximum Gasteiger partial charge on any atom is 0.255 e. The van der Waals surface area contributed by atoms with Crippen molar-refractivity contribution < 1.29 is 12.8 Å². The molecule has 3 N–H and O–H groups in total. The van der Waals surface area contributed by atoms with E-state index in [-0.39, 0.29) is 10.4 Å². The van der Waals surface area contributed by atoms with E-state index in [9.17, 15) is 12.8 Å². The van der Waals surface area contributed by atoms with Crippen LogP contribution in [0.15, 0.2) is 17.2 Å². The highest BCUT2D eigenvalue weighted by Crippen LogP contribution is 2.23. The summed E-state index contributed by atoms with van der Waals surface area (Å²) in [5.41, 5.74) is 0.955. The third-order valence-electron chi connectivity index (χ3n) is 2.06. The number of hydrogen-bond donors (Lipinski definition) is 2. The summed E-state index contributed by atoms with van der Waals surface area (Å²) in [6, 6.07) is 2.36. The van der Waals surface area contributed by atoms with Crippen molar-refractivity contribution in [1.29, 1.82) is 0 Å². The fraction of sp³-hybridized carbons (Fsp3) is 0.125. The number of nitrogens with one attached hydrogen (secondary N) is 1. The molecule has 5 nitrogen and oxygen atoms in total. The number of aromatic nitrogens is 2. The Hall–Kier alpha value is -1.47. The Bertz CT molecular complexity index is 633. The molecule has 0 atom stereocenters. The van der Waals surface area contributed by atoms with E-state index in [4.69, 9.17) is 5.14 Å². The van der Waals surface area contributed by atoms with E-state index < -0.39 is 15.8 Å². The molecule has 0 spiro atoms. The Balaban J connectivity index is 2.92. The molecule has 0 fully saturated rings. The molecular formula is C8H8FN3O2S. The third kappa shape index (κ3) is 1.59. The second-order valence-corrected chi connectivity index (χ2v) is 4.71. The maximum atomic E-state index is 13.1. The van der Waals surface area contributed by atoms with Gasteiger partial charge in [0.15, 0.2) is 5.03 Å². The van der Waals surface area contributed by atoms with Crippen LogP contribution in [0.25, 0.3) is 10.9 Å². The molecule has 0 saturated carbocycles. The van der Waals surface area contributed by atoms with E-state index in [1.807, 2.05) is 0 Å². The van der Waals surface area contributed by atoms with Crippen LogP contribution >= 0.6 is 0 Å². The molecule has 1 heterocycles. The number of nitrogens with zero attached hydrogens (tertiary/aromatic N) is 1. The summed E-state index contributed by atoms with van der Waals surface area (Å²) in [6.07, 6.45) is 0. The minimum absolute atomic E-state index is 0.176. The standard InChI is InChI=1S/C8H8FN3O2S/c1-4-2-5(9)3-6-7(4)11-12-8(6)15(10,13)14/h2-3H,1H3,(H,11,12)(H2,10,13,14). The molecule has 80 valence electrons. The Morgan fingerprint density at radius 2 is 2.13 bits per heavy atom. The van der Waals surface area contributed by atoms with Gasteiger partial charge in [0.05, 0.1) is 5.52 Å². The van der Waals surface area contributed by atoms with Crippen molar-refractivity contribution in [3.05, 3.63) is 23.5 Å². The summed E-state index contributed by atoms with van der Waals surface area (Å²) in [7, 11) is -3.90. The number of primary sulfonamides is 1. The van der Waals surface area contributed by atoms with Crippen LogP contribution in [-0.2, 0) is 10.0 Å². The number of nitrogens with two attached hydrogens (primary N) is 1. The van der Waals surface area contributed by atoms with Crippen LogP contribution in [0.2, 0.25) is 0 Å². The molecule has 0 amide bonds. The highest BCUT2D eigenvalue weighted by molar-refractivity contribution is 7.89. The van der Waals surface area contributed by atoms with Crippen LogP contribution in [0, 0.1) is 12.7 Å². The van der Waals surface area contributed by atoms with Gasteiger partial charge in [0.2, 0.25) is 0 Å². The molecule has 2 rings (SSSR count). The summed E-state index contributed by atoms with van der Waals surface area (Å²) in [5, 5.41) is 10.9. The third-order valence-corrected chi connectivity index (χ3v) is 2.94. The Morgan fingerprint density at radius 3 is 2.73 bits per heavy atom. The number of sulfonamides is 1. The molecule has 1 aromatic carbocycles. The normalized spacial score (nSPS) is 12.2. The van der Waals surface area contributed by atoms with Gasteiger partial charge in [-0.2, -0.15) is 5.10 Å². The zero-order chi connectivity index (χ0) is 11.2. The first-order valence-electron chi connectivity index (χ1n) is 4.06. The largest absolute Gasteiger partial charge is 0.265 e. The highest BCUT2D eigenvalue weighted by Gasteiger charge is 2.17. The number of H-pyrrole nitrogens is 1. The van der Waals surface area contributed by atoms with Crippen molar-refractivity contribution >= 4 is 20.9 Å². The molecule has 1 aromatic heterocycles. The van der Waals surface area contributed by atoms with Crippen molar-refractivity contribution in [2.75, 3.05) is 0 Å². The zero-order valence-corrected chi connectivity index (χ0v) is 8.60. The SMILES string of the molecule is Cc1cc(F)cc2c(S(N)(=O)=O)[nH]nc12. The van der Waals surface area contributed by atoms with Gasteiger partial charge in [0.1, 0.15) is 5.82 Å². The van der Waals surface area contributed by atoms with Gasteiger partial charge < -0.3 is 0 Å². The van der Waals surface area contributed by atoms with Gasteiger partial charge in [-0.15, -0.1) is 0 Å². The predicted octanol–water partition coefficient (Wildman–Crippen LogP) is 0.658. The van der Waals surface area contributed by atoms with Crippen LogP contribution in [0.5, 0.6) is 0 Å². The number of hydrogen-bond acceptors (Lipinski definition) is 3. The van der Waals surface area contributed by atoms with E-state index >= 15 is 0 Å². The zero-order valence-electron chi connectivity index (χ0n) is 7.78. The van der Waals surface area contributed by atoms with Crippen LogP contribution in [0.1, 0.15) is 5.56 Å². The smallest absolute Gasteiger partial charge is 0.255 e. The number of aryl methyl sites for hydroxylation is 1. The number of halogens is 1. The molecule has 2 aromatic rings. The van der Waals surface area contributed by atoms with Gasteiger partial charge in [-0.05, 0) is 24.6 Å². The van der Waals surface area contributed by atoms with Gasteiger partial charge in [-0.25, -0.2) is 17.9 Å². The number of benzene rings is 1. The summed E-state index contributed by atoms with van der Waals surface area (Å²) in [4.78, 5) is 0. The number of aromatic amines is 1. The fourth-order valence-corrected chi connectivity index (χ4v) is 2.08. The van der Waals surface area contributed by atoms with Crippen molar-refractivity contribution in [3.63, 3.8) is 0 Å². The molecule has 0 aliphatic heterocycles. The first-order valence-corrected chi connectivity index (χ1v) is 5.61. The van der Waals surface area contributed by atoms with Crippen LogP contribution < -0.4 is 5.14 Å². The summed E-state index contributed by atoms with van der Waals surface area (Å²) in [5.74, 6) is -0.522. The Morgan fingerprint density at radius 1 is 1.47 bits per heavy atom. The average molecular weight is 229 g/mol. The van der Waals surface area contributed by atoms with Gasteiger partial charge in [-0.1, -0.05) is 0 Å². The lowest BCUT2D eigenvalue weighted by Gasteiger charge is -1.96. The van der Waals surface area contributed by atoms with E-state index in [0.717, 1.165) is 6.07 Å². The van der Waals surface area contributed by atoms with Crippen molar-refractivity contribution in [3.8, 4) is 0 Å². The van der Waals surface area contributed by atoms with E-state index in [0.29, 0.717) is 11.1 Å². The van der Waals surface area contributed by atoms with Crippen LogP contribution in [-0.4, -0.2) is 18.6 Å². The van der Waals surface area contributed by atoms with Crippen molar-refractivity contribution in [2.45, 2.75) is 11.9 Å². The van der Waals surface area contributed by atoms with E-state index in [1.54, 1.807) is 6.92 Å². The maximum absolute atomic E-state index is 13.1. The van der Waals surface area contributed by atoms with Crippen LogP contribution in [0.4, 0.5) is 4.39 Å². The van der Waals surface area contributed by atoms with Gasteiger partial charge >= 0.3 is 0 Å². The summed E-state index contributed by atoms with van der Waals surface area (Å²) >= 11 is 0. The van der Waals surface area contributed by atoms with Crippen molar-refractivity contribution in [2.24, 2.45) is 5.14 Å². The van der Waals surface area contributed by atoms with Crippen LogP contribution in [0.3, 0.4) is 0 Å². The number of rotatable bonds is 1. The molecule has 15 heavy (non-hydrogen) atoms. The Kier molecular flexibility index (Phi) is 2.02. The second kappa shape index (κ2) is 3.01. The van der Waals surface area contributed by atoms with Gasteiger partial charge in [0, 0.05) is 5.39 Å². The lowest BCUT2D eigenvalue weighted by Crippen LogP contribution is -2.12. The topological polar surface area (TPSA) is 88.8 Å². The number of fused-ring (bicyclic) bond motifs is 1. The predicted molar refractivity (Wildman–Crippen MR) is 52.2 cm³/mol. The molecule has 7 heteroatoms. The minimum atomic E-state index is -3.90. The fourth-order valence-electron chi connectivity index (χ4n) is 1.44. The first-order chi connectivity index (χ1) is 6.89. The molecule has 0 aliphatic carbocycles. The highest BCUT2D eigenvalue weighted by atomic mass is 32.2. The van der Waals surface area contributed by atoms with Crippen molar-refractivity contribution in [1.82, 2.24) is 10.2 Å². The molecule has 0 bridgehead atoms. The quantitative estimate of drug-likeness (QED) is 0.752. The lowest BCUT2D eigenvalue weighted by atomic mass is 10.2.